The Morgan fingerprint density at radius 3 is 2.80 bits per heavy atom. The van der Waals surface area contributed by atoms with Crippen LogP contribution in [0.25, 0.3) is 21.3 Å². The number of halogens is 1. The lowest BCUT2D eigenvalue weighted by molar-refractivity contribution is 0.0699. The second kappa shape index (κ2) is 12.5. The summed E-state index contributed by atoms with van der Waals surface area (Å²) >= 11 is 7.72. The minimum Gasteiger partial charge on any atom is -0.491 e. The average molecular weight is 646 g/mol. The molecule has 3 N–H and O–H groups in total. The van der Waals surface area contributed by atoms with E-state index in [1.54, 1.807) is 34.3 Å². The third-order valence-electron chi connectivity index (χ3n) is 8.15. The Bertz CT molecular complexity index is 1990. The lowest BCUT2D eigenvalue weighted by Gasteiger charge is -2.32. The standard InChI is InChI=1S/C32H32ClN7O4S/c1-17-12-23(29-28(36-17)25(16-45-29)31(42)43)22-13-19(33)4-7-27(22)44-11-10-40-18(2)37-26-6-5-21(14-24(26)30(40)41)39(3)15-20-8-9-35-32(34)38-20/h4,7-9,12-13,16,21H,5-6,10-11,14-15H2,1-3H3,(H,42,43)(H2,34,35,38). The van der Waals surface area contributed by atoms with E-state index < -0.39 is 5.97 Å². The van der Waals surface area contributed by atoms with Crippen molar-refractivity contribution < 1.29 is 14.6 Å². The van der Waals surface area contributed by atoms with Crippen LogP contribution in [0.2, 0.25) is 5.02 Å². The number of aryl methyl sites for hydroxylation is 3. The smallest absolute Gasteiger partial charge is 0.338 e. The van der Waals surface area contributed by atoms with Crippen molar-refractivity contribution in [2.75, 3.05) is 19.4 Å². The fourth-order valence-corrected chi connectivity index (χ4v) is 7.09. The van der Waals surface area contributed by atoms with Gasteiger partial charge in [-0.2, -0.15) is 0 Å². The van der Waals surface area contributed by atoms with Crippen LogP contribution in [0, 0.1) is 13.8 Å². The van der Waals surface area contributed by atoms with Crippen molar-refractivity contribution in [1.82, 2.24) is 29.4 Å². The summed E-state index contributed by atoms with van der Waals surface area (Å²) in [6, 6.07) is 9.24. The van der Waals surface area contributed by atoms with E-state index in [1.165, 1.54) is 11.3 Å². The van der Waals surface area contributed by atoms with Gasteiger partial charge in [0.25, 0.3) is 5.56 Å². The van der Waals surface area contributed by atoms with E-state index >= 15 is 0 Å². The molecule has 13 heteroatoms. The zero-order valence-electron chi connectivity index (χ0n) is 25.1. The molecular formula is C32H32ClN7O4S. The third-order valence-corrected chi connectivity index (χ3v) is 9.38. The Labute approximate surface area is 268 Å². The van der Waals surface area contributed by atoms with Crippen molar-refractivity contribution in [3.63, 3.8) is 0 Å². The minimum absolute atomic E-state index is 0.0481. The number of nitrogens with zero attached hydrogens (tertiary/aromatic N) is 6. The Hall–Kier alpha value is -4.39. The van der Waals surface area contributed by atoms with E-state index in [1.807, 2.05) is 33.0 Å². The van der Waals surface area contributed by atoms with E-state index in [-0.39, 0.29) is 29.7 Å². The maximum Gasteiger partial charge on any atom is 0.338 e. The molecule has 1 aliphatic rings. The van der Waals surface area contributed by atoms with Crippen molar-refractivity contribution in [2.45, 2.75) is 52.2 Å². The number of nitrogen functional groups attached to an aromatic ring is 1. The number of rotatable bonds is 9. The third kappa shape index (κ3) is 6.26. The first kappa shape index (κ1) is 30.6. The van der Waals surface area contributed by atoms with E-state index in [9.17, 15) is 14.7 Å². The molecule has 1 unspecified atom stereocenters. The molecule has 11 nitrogen and oxygen atoms in total. The molecule has 6 rings (SSSR count). The lowest BCUT2D eigenvalue weighted by Crippen LogP contribution is -2.41. The number of benzene rings is 1. The first-order valence-electron chi connectivity index (χ1n) is 14.5. The molecule has 0 amide bonds. The van der Waals surface area contributed by atoms with Gasteiger partial charge in [0.15, 0.2) is 0 Å². The summed E-state index contributed by atoms with van der Waals surface area (Å²) in [6.07, 6.45) is 3.86. The Kier molecular flexibility index (Phi) is 8.54. The van der Waals surface area contributed by atoms with E-state index in [2.05, 4.69) is 19.9 Å². The number of fused-ring (bicyclic) bond motifs is 2. The number of likely N-dealkylation sites (N-methyl/N-ethyl adjacent to an activating group) is 1. The molecule has 45 heavy (non-hydrogen) atoms. The molecule has 1 aliphatic carbocycles. The monoisotopic (exact) mass is 645 g/mol. The number of aromatic carboxylic acids is 1. The molecule has 232 valence electrons. The maximum atomic E-state index is 13.8. The molecular weight excluding hydrogens is 614 g/mol. The van der Waals surface area contributed by atoms with E-state index in [0.29, 0.717) is 47.3 Å². The first-order valence-corrected chi connectivity index (χ1v) is 15.8. The highest BCUT2D eigenvalue weighted by atomic mass is 35.5. The summed E-state index contributed by atoms with van der Waals surface area (Å²) in [6.45, 7) is 4.79. The summed E-state index contributed by atoms with van der Waals surface area (Å²) in [5.74, 6) is 0.433. The van der Waals surface area contributed by atoms with Crippen LogP contribution in [0.4, 0.5) is 5.95 Å². The van der Waals surface area contributed by atoms with Crippen LogP contribution in [0.15, 0.2) is 46.7 Å². The fraction of sp³-hybridized carbons (Fsp3) is 0.312. The molecule has 5 aromatic rings. The van der Waals surface area contributed by atoms with Crippen LogP contribution in [0.1, 0.15) is 45.2 Å². The molecule has 0 spiro atoms. The van der Waals surface area contributed by atoms with Crippen LogP contribution in [-0.4, -0.2) is 60.2 Å². The summed E-state index contributed by atoms with van der Waals surface area (Å²) in [5.41, 5.74) is 10.9. The molecule has 0 radical (unpaired) electrons. The molecule has 0 bridgehead atoms. The number of aromatic nitrogens is 5. The fourth-order valence-electron chi connectivity index (χ4n) is 5.91. The number of anilines is 1. The van der Waals surface area contributed by atoms with Gasteiger partial charge in [0.2, 0.25) is 5.95 Å². The number of carboxylic acid groups (broad SMARTS) is 1. The van der Waals surface area contributed by atoms with Gasteiger partial charge in [-0.1, -0.05) is 11.6 Å². The largest absolute Gasteiger partial charge is 0.491 e. The maximum absolute atomic E-state index is 13.8. The SMILES string of the molecule is Cc1cc(-c2cc(Cl)ccc2OCCn2c(C)nc3c(c2=O)CC(N(C)Cc2ccnc(N)n2)CC3)c2scc(C(=O)O)c2n1. The first-order chi connectivity index (χ1) is 21.6. The number of pyridine rings is 1. The topological polar surface area (TPSA) is 149 Å². The summed E-state index contributed by atoms with van der Waals surface area (Å²) in [5, 5.41) is 11.8. The number of hydrogen-bond acceptors (Lipinski definition) is 10. The molecule has 0 saturated carbocycles. The van der Waals surface area contributed by atoms with Crippen molar-refractivity contribution in [2.24, 2.45) is 0 Å². The predicted octanol–water partition coefficient (Wildman–Crippen LogP) is 4.93. The number of hydrogen-bond donors (Lipinski definition) is 2. The van der Waals surface area contributed by atoms with Crippen molar-refractivity contribution in [3.05, 3.63) is 91.3 Å². The molecule has 1 aromatic carbocycles. The highest BCUT2D eigenvalue weighted by Gasteiger charge is 2.27. The van der Waals surface area contributed by atoms with Crippen LogP contribution >= 0.6 is 22.9 Å². The zero-order valence-corrected chi connectivity index (χ0v) is 26.7. The molecule has 0 aliphatic heterocycles. The second-order valence-electron chi connectivity index (χ2n) is 11.2. The number of nitrogens with two attached hydrogens (primary N) is 1. The average Bonchev–Trinajstić information content (AvgIpc) is 3.43. The normalized spacial score (nSPS) is 14.6. The van der Waals surface area contributed by atoms with Crippen LogP contribution in [0.3, 0.4) is 0 Å². The van der Waals surface area contributed by atoms with Gasteiger partial charge in [-0.15, -0.1) is 11.3 Å². The molecule has 1 atom stereocenters. The quantitative estimate of drug-likeness (QED) is 0.226. The Morgan fingerprint density at radius 2 is 2.02 bits per heavy atom. The summed E-state index contributed by atoms with van der Waals surface area (Å²) < 4.78 is 8.68. The van der Waals surface area contributed by atoms with Gasteiger partial charge >= 0.3 is 5.97 Å². The van der Waals surface area contributed by atoms with E-state index in [4.69, 9.17) is 27.1 Å². The summed E-state index contributed by atoms with van der Waals surface area (Å²) in [7, 11) is 2.03. The molecule has 4 aromatic heterocycles. The Morgan fingerprint density at radius 1 is 1.20 bits per heavy atom. The lowest BCUT2D eigenvalue weighted by atomic mass is 9.91. The van der Waals surface area contributed by atoms with Gasteiger partial charge in [0, 0.05) is 51.6 Å². The number of thiophene rings is 1. The van der Waals surface area contributed by atoms with Crippen LogP contribution in [-0.2, 0) is 25.9 Å². The van der Waals surface area contributed by atoms with Crippen molar-refractivity contribution in [1.29, 1.82) is 0 Å². The predicted molar refractivity (Wildman–Crippen MR) is 174 cm³/mol. The van der Waals surface area contributed by atoms with Gasteiger partial charge in [-0.3, -0.25) is 19.2 Å². The van der Waals surface area contributed by atoms with E-state index in [0.717, 1.165) is 45.6 Å². The summed E-state index contributed by atoms with van der Waals surface area (Å²) in [4.78, 5) is 45.3. The van der Waals surface area contributed by atoms with Gasteiger partial charge in [-0.25, -0.2) is 19.7 Å². The van der Waals surface area contributed by atoms with Crippen molar-refractivity contribution >= 4 is 45.1 Å². The van der Waals surface area contributed by atoms with Gasteiger partial charge in [0.05, 0.1) is 33.7 Å². The van der Waals surface area contributed by atoms with Gasteiger partial charge in [-0.05, 0) is 70.5 Å². The highest BCUT2D eigenvalue weighted by molar-refractivity contribution is 7.18. The highest BCUT2D eigenvalue weighted by Crippen LogP contribution is 2.40. The Balaban J connectivity index is 1.22. The number of ether oxygens (including phenoxy) is 1. The van der Waals surface area contributed by atoms with Gasteiger partial charge < -0.3 is 15.6 Å². The second-order valence-corrected chi connectivity index (χ2v) is 12.5. The molecule has 4 heterocycles. The molecule has 0 fully saturated rings. The van der Waals surface area contributed by atoms with Crippen LogP contribution in [0.5, 0.6) is 5.75 Å². The number of carbonyl (C=O) groups is 1. The zero-order chi connectivity index (χ0) is 31.8. The molecule has 0 saturated heterocycles. The number of carboxylic acids is 1. The minimum atomic E-state index is -1.03. The van der Waals surface area contributed by atoms with Crippen molar-refractivity contribution in [3.8, 4) is 16.9 Å². The van der Waals surface area contributed by atoms with Crippen LogP contribution < -0.4 is 16.0 Å². The van der Waals surface area contributed by atoms with Gasteiger partial charge in [0.1, 0.15) is 18.2 Å².